The van der Waals surface area contributed by atoms with Crippen molar-refractivity contribution in [2.75, 3.05) is 26.2 Å². The standard InChI is InChI=1S/C24H34N4O4/c1-16(2)27-13-7-8-17(28-22(27)18-9-3-4-10-19(18)23(28)31)14-25-20-11-5-6-12-26(24(20)32)15-21(29)30/h3-4,9-10,16-17,20,22,25H,5-8,11-15H2,1-2H3,(H,29,30)/t17?,20-,22+/m0/s1. The molecule has 8 heteroatoms. The summed E-state index contributed by atoms with van der Waals surface area (Å²) < 4.78 is 0. The second-order valence-electron chi connectivity index (χ2n) is 9.41. The van der Waals surface area contributed by atoms with E-state index < -0.39 is 12.0 Å². The molecule has 2 fully saturated rings. The molecule has 32 heavy (non-hydrogen) atoms. The van der Waals surface area contributed by atoms with E-state index in [1.54, 1.807) is 0 Å². The monoisotopic (exact) mass is 442 g/mol. The third kappa shape index (κ3) is 4.38. The summed E-state index contributed by atoms with van der Waals surface area (Å²) in [5.74, 6) is -1.07. The maximum atomic E-state index is 13.4. The van der Waals surface area contributed by atoms with Crippen molar-refractivity contribution in [3.63, 3.8) is 0 Å². The largest absolute Gasteiger partial charge is 0.480 e. The van der Waals surface area contributed by atoms with Crippen LogP contribution in [0.2, 0.25) is 0 Å². The lowest BCUT2D eigenvalue weighted by atomic mass is 10.1. The molecule has 3 atom stereocenters. The van der Waals surface area contributed by atoms with Crippen molar-refractivity contribution < 1.29 is 19.5 Å². The molecular weight excluding hydrogens is 408 g/mol. The fraction of sp³-hybridized carbons (Fsp3) is 0.625. The van der Waals surface area contributed by atoms with Crippen LogP contribution in [-0.4, -0.2) is 81.9 Å². The smallest absolute Gasteiger partial charge is 0.323 e. The van der Waals surface area contributed by atoms with Gasteiger partial charge in [0.1, 0.15) is 12.7 Å². The molecule has 8 nitrogen and oxygen atoms in total. The molecule has 3 heterocycles. The van der Waals surface area contributed by atoms with Crippen LogP contribution in [0.1, 0.15) is 68.0 Å². The molecule has 3 aliphatic rings. The van der Waals surface area contributed by atoms with Crippen molar-refractivity contribution >= 4 is 17.8 Å². The fourth-order valence-corrected chi connectivity index (χ4v) is 5.43. The van der Waals surface area contributed by atoms with Crippen LogP contribution in [0.3, 0.4) is 0 Å². The highest BCUT2D eigenvalue weighted by Gasteiger charge is 2.45. The van der Waals surface area contributed by atoms with Crippen LogP contribution in [-0.2, 0) is 9.59 Å². The number of amides is 2. The second-order valence-corrected chi connectivity index (χ2v) is 9.41. The minimum Gasteiger partial charge on any atom is -0.480 e. The normalized spacial score (nSPS) is 26.7. The van der Waals surface area contributed by atoms with E-state index >= 15 is 0 Å². The molecule has 2 N–H and O–H groups in total. The van der Waals surface area contributed by atoms with E-state index in [-0.39, 0.29) is 30.6 Å². The molecule has 1 aromatic rings. The van der Waals surface area contributed by atoms with Gasteiger partial charge in [-0.05, 0) is 52.0 Å². The van der Waals surface area contributed by atoms with E-state index in [9.17, 15) is 14.4 Å². The van der Waals surface area contributed by atoms with Gasteiger partial charge in [-0.25, -0.2) is 0 Å². The lowest BCUT2D eigenvalue weighted by molar-refractivity contribution is -0.145. The molecule has 0 aromatic heterocycles. The summed E-state index contributed by atoms with van der Waals surface area (Å²) >= 11 is 0. The molecule has 1 unspecified atom stereocenters. The Kier molecular flexibility index (Phi) is 6.81. The van der Waals surface area contributed by atoms with Gasteiger partial charge < -0.3 is 20.2 Å². The third-order valence-corrected chi connectivity index (χ3v) is 7.00. The molecule has 1 aromatic carbocycles. The Bertz CT molecular complexity index is 873. The number of hydrogen-bond donors (Lipinski definition) is 2. The van der Waals surface area contributed by atoms with Crippen LogP contribution in [0.4, 0.5) is 0 Å². The number of fused-ring (bicyclic) bond motifs is 3. The number of hydrogen-bond acceptors (Lipinski definition) is 5. The van der Waals surface area contributed by atoms with Gasteiger partial charge in [-0.15, -0.1) is 0 Å². The lowest BCUT2D eigenvalue weighted by Gasteiger charge is -2.39. The number of benzene rings is 1. The van der Waals surface area contributed by atoms with E-state index in [0.29, 0.717) is 25.6 Å². The van der Waals surface area contributed by atoms with Gasteiger partial charge in [-0.2, -0.15) is 0 Å². The Morgan fingerprint density at radius 1 is 1.12 bits per heavy atom. The highest BCUT2D eigenvalue weighted by Crippen LogP contribution is 2.41. The second kappa shape index (κ2) is 9.58. The maximum absolute atomic E-state index is 13.4. The first kappa shape index (κ1) is 22.7. The van der Waals surface area contributed by atoms with E-state index in [4.69, 9.17) is 5.11 Å². The average Bonchev–Trinajstić information content (AvgIpc) is 2.89. The van der Waals surface area contributed by atoms with Gasteiger partial charge in [0.15, 0.2) is 0 Å². The van der Waals surface area contributed by atoms with Crippen LogP contribution in [0, 0.1) is 0 Å². The average molecular weight is 443 g/mol. The summed E-state index contributed by atoms with van der Waals surface area (Å²) in [6, 6.07) is 7.76. The zero-order valence-electron chi connectivity index (χ0n) is 19.0. The Morgan fingerprint density at radius 3 is 2.66 bits per heavy atom. The fourth-order valence-electron chi connectivity index (χ4n) is 5.43. The van der Waals surface area contributed by atoms with Crippen molar-refractivity contribution in [2.45, 2.75) is 70.2 Å². The number of rotatable bonds is 6. The van der Waals surface area contributed by atoms with Crippen LogP contribution in [0.5, 0.6) is 0 Å². The van der Waals surface area contributed by atoms with Gasteiger partial charge in [0, 0.05) is 42.8 Å². The molecule has 4 rings (SSSR count). The van der Waals surface area contributed by atoms with E-state index in [1.807, 2.05) is 23.1 Å². The van der Waals surface area contributed by atoms with Gasteiger partial charge in [-0.3, -0.25) is 19.3 Å². The van der Waals surface area contributed by atoms with E-state index in [2.05, 4.69) is 30.1 Å². The van der Waals surface area contributed by atoms with Crippen LogP contribution in [0.15, 0.2) is 24.3 Å². The summed E-state index contributed by atoms with van der Waals surface area (Å²) in [5, 5.41) is 12.6. The zero-order valence-corrected chi connectivity index (χ0v) is 19.0. The lowest BCUT2D eigenvalue weighted by Crippen LogP contribution is -2.52. The molecule has 0 saturated carbocycles. The van der Waals surface area contributed by atoms with Gasteiger partial charge in [0.05, 0.1) is 6.04 Å². The summed E-state index contributed by atoms with van der Waals surface area (Å²) in [7, 11) is 0. The first-order valence-corrected chi connectivity index (χ1v) is 11.8. The summed E-state index contributed by atoms with van der Waals surface area (Å²) in [6.45, 7) is 6.02. The predicted octanol–water partition coefficient (Wildman–Crippen LogP) is 2.07. The van der Waals surface area contributed by atoms with Crippen molar-refractivity contribution in [3.8, 4) is 0 Å². The molecule has 0 aliphatic carbocycles. The number of nitrogens with one attached hydrogen (secondary N) is 1. The highest BCUT2D eigenvalue weighted by atomic mass is 16.4. The van der Waals surface area contributed by atoms with Crippen molar-refractivity contribution in [2.24, 2.45) is 0 Å². The molecule has 2 saturated heterocycles. The first-order chi connectivity index (χ1) is 15.4. The van der Waals surface area contributed by atoms with Crippen molar-refractivity contribution in [3.05, 3.63) is 35.4 Å². The Labute approximate surface area is 189 Å². The number of likely N-dealkylation sites (tertiary alicyclic amines) is 1. The van der Waals surface area contributed by atoms with Gasteiger partial charge in [0.25, 0.3) is 5.91 Å². The summed E-state index contributed by atoms with van der Waals surface area (Å²) in [5.41, 5.74) is 1.84. The molecule has 2 amide bonds. The molecule has 0 bridgehead atoms. The quantitative estimate of drug-likeness (QED) is 0.701. The number of aliphatic carboxylic acids is 1. The Morgan fingerprint density at radius 2 is 1.91 bits per heavy atom. The van der Waals surface area contributed by atoms with E-state index in [1.165, 1.54) is 4.90 Å². The minimum absolute atomic E-state index is 0.0207. The molecule has 0 spiro atoms. The van der Waals surface area contributed by atoms with Crippen LogP contribution >= 0.6 is 0 Å². The van der Waals surface area contributed by atoms with Crippen molar-refractivity contribution in [1.29, 1.82) is 0 Å². The SMILES string of the molecule is CC(C)N1CCCC(CN[C@H]2CCCCN(CC(=O)O)C2=O)N2C(=O)c3ccccc3[C@H]12. The molecule has 3 aliphatic heterocycles. The number of carboxylic acids is 1. The molecular formula is C24H34N4O4. The first-order valence-electron chi connectivity index (χ1n) is 11.8. The number of carbonyl (C=O) groups excluding carboxylic acids is 2. The summed E-state index contributed by atoms with van der Waals surface area (Å²) in [6.07, 6.45) is 4.15. The van der Waals surface area contributed by atoms with E-state index in [0.717, 1.165) is 43.4 Å². The van der Waals surface area contributed by atoms with Gasteiger partial charge in [-0.1, -0.05) is 18.2 Å². The van der Waals surface area contributed by atoms with Gasteiger partial charge in [0.2, 0.25) is 5.91 Å². The van der Waals surface area contributed by atoms with Crippen LogP contribution < -0.4 is 5.32 Å². The minimum atomic E-state index is -0.986. The van der Waals surface area contributed by atoms with Crippen LogP contribution in [0.25, 0.3) is 0 Å². The third-order valence-electron chi connectivity index (χ3n) is 7.00. The Hall–Kier alpha value is -2.45. The summed E-state index contributed by atoms with van der Waals surface area (Å²) in [4.78, 5) is 43.4. The van der Waals surface area contributed by atoms with Gasteiger partial charge >= 0.3 is 5.97 Å². The Balaban J connectivity index is 1.53. The number of carbonyl (C=O) groups is 3. The van der Waals surface area contributed by atoms with Crippen molar-refractivity contribution in [1.82, 2.24) is 20.0 Å². The molecule has 0 radical (unpaired) electrons. The molecule has 174 valence electrons. The zero-order chi connectivity index (χ0) is 22.8. The highest BCUT2D eigenvalue weighted by molar-refractivity contribution is 5.99. The number of carboxylic acid groups (broad SMARTS) is 1. The topological polar surface area (TPSA) is 93.2 Å². The predicted molar refractivity (Wildman–Crippen MR) is 120 cm³/mol. The maximum Gasteiger partial charge on any atom is 0.323 e. The number of nitrogens with zero attached hydrogens (tertiary/aromatic N) is 3.